The zero-order valence-corrected chi connectivity index (χ0v) is 13.4. The molecule has 0 aliphatic rings. The van der Waals surface area contributed by atoms with Crippen molar-refractivity contribution in [3.8, 4) is 11.5 Å². The second-order valence-corrected chi connectivity index (χ2v) is 5.25. The SMILES string of the molecule is CNC(c1cc(C)cc(C)c1)c1cc(OC)ccc1OC. The minimum absolute atomic E-state index is 0.0636. The van der Waals surface area contributed by atoms with Crippen LogP contribution in [0.4, 0.5) is 0 Å². The van der Waals surface area contributed by atoms with Crippen molar-refractivity contribution in [1.29, 1.82) is 0 Å². The van der Waals surface area contributed by atoms with E-state index in [4.69, 9.17) is 9.47 Å². The highest BCUT2D eigenvalue weighted by Crippen LogP contribution is 2.33. The standard InChI is InChI=1S/C18H23NO2/c1-12-8-13(2)10-14(9-12)18(19-3)16-11-15(20-4)6-7-17(16)21-5/h6-11,18-19H,1-5H3. The summed E-state index contributed by atoms with van der Waals surface area (Å²) in [6, 6.07) is 12.5. The van der Waals surface area contributed by atoms with E-state index in [1.165, 1.54) is 16.7 Å². The van der Waals surface area contributed by atoms with Crippen LogP contribution in [0.3, 0.4) is 0 Å². The van der Waals surface area contributed by atoms with Crippen molar-refractivity contribution in [2.45, 2.75) is 19.9 Å². The molecule has 0 amide bonds. The number of aryl methyl sites for hydroxylation is 2. The Balaban J connectivity index is 2.54. The smallest absolute Gasteiger partial charge is 0.124 e. The van der Waals surface area contributed by atoms with Gasteiger partial charge in [0.15, 0.2) is 0 Å². The number of methoxy groups -OCH3 is 2. The van der Waals surface area contributed by atoms with E-state index in [2.05, 4.69) is 37.4 Å². The van der Waals surface area contributed by atoms with Crippen LogP contribution < -0.4 is 14.8 Å². The van der Waals surface area contributed by atoms with Crippen molar-refractivity contribution >= 4 is 0 Å². The maximum atomic E-state index is 5.51. The summed E-state index contributed by atoms with van der Waals surface area (Å²) in [5.41, 5.74) is 4.81. The van der Waals surface area contributed by atoms with E-state index in [0.717, 1.165) is 17.1 Å². The Morgan fingerprint density at radius 3 is 2.10 bits per heavy atom. The molecule has 0 saturated heterocycles. The van der Waals surface area contributed by atoms with Crippen LogP contribution in [-0.2, 0) is 0 Å². The second kappa shape index (κ2) is 6.64. The lowest BCUT2D eigenvalue weighted by Crippen LogP contribution is -2.19. The Labute approximate surface area is 126 Å². The first-order chi connectivity index (χ1) is 10.1. The highest BCUT2D eigenvalue weighted by atomic mass is 16.5. The molecule has 1 unspecified atom stereocenters. The molecule has 3 nitrogen and oxygen atoms in total. The predicted molar refractivity (Wildman–Crippen MR) is 86.4 cm³/mol. The minimum atomic E-state index is 0.0636. The first-order valence-electron chi connectivity index (χ1n) is 7.06. The van der Waals surface area contributed by atoms with Gasteiger partial charge in [-0.2, -0.15) is 0 Å². The summed E-state index contributed by atoms with van der Waals surface area (Å²) in [7, 11) is 5.33. The fourth-order valence-electron chi connectivity index (χ4n) is 2.74. The summed E-state index contributed by atoms with van der Waals surface area (Å²) in [5, 5.41) is 3.38. The molecule has 2 aromatic carbocycles. The molecule has 2 aromatic rings. The Morgan fingerprint density at radius 1 is 0.905 bits per heavy atom. The number of ether oxygens (including phenoxy) is 2. The third-order valence-electron chi connectivity index (χ3n) is 3.61. The van der Waals surface area contributed by atoms with Crippen LogP contribution in [0.1, 0.15) is 28.3 Å². The molecule has 112 valence electrons. The van der Waals surface area contributed by atoms with Crippen molar-refractivity contribution < 1.29 is 9.47 Å². The molecule has 0 fully saturated rings. The molecule has 1 N–H and O–H groups in total. The van der Waals surface area contributed by atoms with Gasteiger partial charge < -0.3 is 14.8 Å². The largest absolute Gasteiger partial charge is 0.497 e. The van der Waals surface area contributed by atoms with Crippen molar-refractivity contribution in [3.05, 3.63) is 58.7 Å². The predicted octanol–water partition coefficient (Wildman–Crippen LogP) is 3.63. The fraction of sp³-hybridized carbons (Fsp3) is 0.333. The topological polar surface area (TPSA) is 30.5 Å². The molecule has 0 aromatic heterocycles. The molecule has 1 atom stereocenters. The van der Waals surface area contributed by atoms with Crippen LogP contribution in [0.2, 0.25) is 0 Å². The van der Waals surface area contributed by atoms with E-state index >= 15 is 0 Å². The van der Waals surface area contributed by atoms with Gasteiger partial charge in [-0.15, -0.1) is 0 Å². The van der Waals surface area contributed by atoms with Gasteiger partial charge in [0.1, 0.15) is 11.5 Å². The van der Waals surface area contributed by atoms with Crippen molar-refractivity contribution in [2.24, 2.45) is 0 Å². The van der Waals surface area contributed by atoms with Gasteiger partial charge in [0.25, 0.3) is 0 Å². The highest BCUT2D eigenvalue weighted by molar-refractivity contribution is 5.47. The van der Waals surface area contributed by atoms with E-state index in [9.17, 15) is 0 Å². The second-order valence-electron chi connectivity index (χ2n) is 5.25. The third kappa shape index (κ3) is 3.37. The van der Waals surface area contributed by atoms with Gasteiger partial charge in [-0.05, 0) is 44.7 Å². The number of rotatable bonds is 5. The Hall–Kier alpha value is -2.00. The normalized spacial score (nSPS) is 12.0. The van der Waals surface area contributed by atoms with Gasteiger partial charge in [-0.25, -0.2) is 0 Å². The summed E-state index contributed by atoms with van der Waals surface area (Å²) in [6.45, 7) is 4.23. The molecule has 0 spiro atoms. The van der Waals surface area contributed by atoms with Crippen molar-refractivity contribution in [2.75, 3.05) is 21.3 Å². The van der Waals surface area contributed by atoms with Crippen molar-refractivity contribution in [1.82, 2.24) is 5.32 Å². The Morgan fingerprint density at radius 2 is 1.57 bits per heavy atom. The molecule has 2 rings (SSSR count). The van der Waals surface area contributed by atoms with E-state index in [1.54, 1.807) is 14.2 Å². The molecule has 0 radical (unpaired) electrons. The van der Waals surface area contributed by atoms with E-state index < -0.39 is 0 Å². The van der Waals surface area contributed by atoms with E-state index in [1.807, 2.05) is 25.2 Å². The van der Waals surface area contributed by atoms with Crippen LogP contribution in [-0.4, -0.2) is 21.3 Å². The van der Waals surface area contributed by atoms with Gasteiger partial charge in [-0.3, -0.25) is 0 Å². The van der Waals surface area contributed by atoms with Gasteiger partial charge in [-0.1, -0.05) is 29.3 Å². The molecular weight excluding hydrogens is 262 g/mol. The summed E-state index contributed by atoms with van der Waals surface area (Å²) < 4.78 is 10.9. The number of nitrogens with one attached hydrogen (secondary N) is 1. The van der Waals surface area contributed by atoms with Crippen LogP contribution in [0.25, 0.3) is 0 Å². The third-order valence-corrected chi connectivity index (χ3v) is 3.61. The maximum Gasteiger partial charge on any atom is 0.124 e. The monoisotopic (exact) mass is 285 g/mol. The average molecular weight is 285 g/mol. The van der Waals surface area contributed by atoms with Gasteiger partial charge >= 0.3 is 0 Å². The zero-order valence-electron chi connectivity index (χ0n) is 13.4. The van der Waals surface area contributed by atoms with Crippen LogP contribution in [0.5, 0.6) is 11.5 Å². The maximum absolute atomic E-state index is 5.51. The Kier molecular flexibility index (Phi) is 4.86. The molecule has 3 heteroatoms. The molecule has 0 bridgehead atoms. The minimum Gasteiger partial charge on any atom is -0.497 e. The quantitative estimate of drug-likeness (QED) is 0.910. The number of hydrogen-bond donors (Lipinski definition) is 1. The fourth-order valence-corrected chi connectivity index (χ4v) is 2.74. The van der Waals surface area contributed by atoms with Gasteiger partial charge in [0, 0.05) is 5.56 Å². The van der Waals surface area contributed by atoms with Gasteiger partial charge in [0.05, 0.1) is 20.3 Å². The molecule has 21 heavy (non-hydrogen) atoms. The van der Waals surface area contributed by atoms with Gasteiger partial charge in [0.2, 0.25) is 0 Å². The highest BCUT2D eigenvalue weighted by Gasteiger charge is 2.18. The first-order valence-corrected chi connectivity index (χ1v) is 7.06. The molecule has 0 aliphatic heterocycles. The lowest BCUT2D eigenvalue weighted by atomic mass is 9.95. The summed E-state index contributed by atoms with van der Waals surface area (Å²) in [6.07, 6.45) is 0. The van der Waals surface area contributed by atoms with Crippen LogP contribution in [0.15, 0.2) is 36.4 Å². The first kappa shape index (κ1) is 15.4. The van der Waals surface area contributed by atoms with Crippen molar-refractivity contribution in [3.63, 3.8) is 0 Å². The number of hydrogen-bond acceptors (Lipinski definition) is 3. The Bertz CT molecular complexity index is 602. The number of benzene rings is 2. The zero-order chi connectivity index (χ0) is 15.4. The molecule has 0 heterocycles. The lowest BCUT2D eigenvalue weighted by molar-refractivity contribution is 0.395. The summed E-state index contributed by atoms with van der Waals surface area (Å²) in [5.74, 6) is 1.68. The van der Waals surface area contributed by atoms with Crippen LogP contribution >= 0.6 is 0 Å². The van der Waals surface area contributed by atoms with Crippen LogP contribution in [0, 0.1) is 13.8 Å². The van der Waals surface area contributed by atoms with E-state index in [0.29, 0.717) is 0 Å². The summed E-state index contributed by atoms with van der Waals surface area (Å²) in [4.78, 5) is 0. The molecular formula is C18H23NO2. The van der Waals surface area contributed by atoms with E-state index in [-0.39, 0.29) is 6.04 Å². The molecule has 0 aliphatic carbocycles. The molecule has 0 saturated carbocycles. The summed E-state index contributed by atoms with van der Waals surface area (Å²) >= 11 is 0. The average Bonchev–Trinajstić information content (AvgIpc) is 2.47. The lowest BCUT2D eigenvalue weighted by Gasteiger charge is -2.21.